The number of hydrogen-bond acceptors (Lipinski definition) is 2. The number of fused-ring (bicyclic) bond motifs is 7. The van der Waals surface area contributed by atoms with Crippen LogP contribution in [0.4, 0.5) is 0 Å². The van der Waals surface area contributed by atoms with E-state index in [1.165, 1.54) is 75.3 Å². The first-order valence-electron chi connectivity index (χ1n) is 16.7. The molecule has 0 N–H and O–H groups in total. The fourth-order valence-corrected chi connectivity index (χ4v) is 11.6. The van der Waals surface area contributed by atoms with Gasteiger partial charge >= 0.3 is 5.97 Å². The summed E-state index contributed by atoms with van der Waals surface area (Å²) in [5, 5.41) is 0. The smallest absolute Gasteiger partial charge is 0.338 e. The van der Waals surface area contributed by atoms with E-state index in [1.807, 2.05) is 32.9 Å². The number of hydrogen-bond donors (Lipinski definition) is 0. The standard InChI is InChI=1S/C37H54O2.C2H4/c1-33(2,3)39-32(38)25-13-11-24(12-14-25)26-19-21-37(8)30-16-15-28-27-10-9-20-35(27,6)22-23-36(28,7)29(30)17-18-31(37)34(26,4)5;1-2/h11-14,19,27-31H,9-10,15-18,20-23H2,1-8H3;1-2H2/t27-,28?,29?,30+,31?,35-,36-,37-;/m1./s1. The highest BCUT2D eigenvalue weighted by Gasteiger charge is 2.64. The van der Waals surface area contributed by atoms with E-state index in [0.29, 0.717) is 27.7 Å². The molecule has 5 aliphatic rings. The van der Waals surface area contributed by atoms with Crippen molar-refractivity contribution < 1.29 is 9.53 Å². The Balaban J connectivity index is 0.00000165. The number of benzene rings is 1. The predicted octanol–water partition coefficient (Wildman–Crippen LogP) is 10.9. The summed E-state index contributed by atoms with van der Waals surface area (Å²) in [7, 11) is 0. The molecule has 0 aromatic heterocycles. The average Bonchev–Trinajstić information content (AvgIpc) is 3.30. The maximum Gasteiger partial charge on any atom is 0.338 e. The molecule has 6 rings (SSSR count). The first kappa shape index (κ1) is 30.6. The van der Waals surface area contributed by atoms with Crippen LogP contribution in [0, 0.1) is 51.2 Å². The molecular formula is C39H58O2. The summed E-state index contributed by atoms with van der Waals surface area (Å²) in [6.45, 7) is 24.9. The molecule has 0 saturated heterocycles. The van der Waals surface area contributed by atoms with Gasteiger partial charge in [0.25, 0.3) is 0 Å². The molecule has 3 unspecified atom stereocenters. The van der Waals surface area contributed by atoms with Gasteiger partial charge in [0.15, 0.2) is 0 Å². The van der Waals surface area contributed by atoms with Gasteiger partial charge in [-0.05, 0) is 153 Å². The van der Waals surface area contributed by atoms with Crippen molar-refractivity contribution in [2.75, 3.05) is 0 Å². The normalized spacial score (nSPS) is 40.9. The van der Waals surface area contributed by atoms with Crippen LogP contribution in [0.15, 0.2) is 43.5 Å². The first-order chi connectivity index (χ1) is 19.2. The topological polar surface area (TPSA) is 26.3 Å². The molecule has 0 radical (unpaired) electrons. The van der Waals surface area contributed by atoms with Crippen molar-refractivity contribution in [3.05, 3.63) is 54.6 Å². The van der Waals surface area contributed by atoms with E-state index in [4.69, 9.17) is 4.74 Å². The second-order valence-electron chi connectivity index (χ2n) is 16.8. The zero-order valence-corrected chi connectivity index (χ0v) is 27.6. The summed E-state index contributed by atoms with van der Waals surface area (Å²) in [4.78, 5) is 12.6. The molecular weight excluding hydrogens is 500 g/mol. The molecule has 4 fully saturated rings. The zero-order chi connectivity index (χ0) is 30.0. The molecule has 2 heteroatoms. The number of carbonyl (C=O) groups excluding carboxylic acids is 1. The van der Waals surface area contributed by atoms with E-state index in [9.17, 15) is 4.79 Å². The number of rotatable bonds is 2. The summed E-state index contributed by atoms with van der Waals surface area (Å²) >= 11 is 0. The van der Waals surface area contributed by atoms with E-state index >= 15 is 0 Å². The van der Waals surface area contributed by atoms with Crippen LogP contribution >= 0.6 is 0 Å². The van der Waals surface area contributed by atoms with Crippen LogP contribution in [-0.2, 0) is 4.74 Å². The lowest BCUT2D eigenvalue weighted by Crippen LogP contribution is -2.60. The van der Waals surface area contributed by atoms with Gasteiger partial charge in [-0.1, -0.05) is 59.2 Å². The van der Waals surface area contributed by atoms with Crippen molar-refractivity contribution in [3.8, 4) is 0 Å². The lowest BCUT2D eigenvalue weighted by Gasteiger charge is -2.67. The number of esters is 1. The lowest BCUT2D eigenvalue weighted by atomic mass is 9.37. The summed E-state index contributed by atoms with van der Waals surface area (Å²) in [6, 6.07) is 8.25. The Labute approximate surface area is 251 Å². The van der Waals surface area contributed by atoms with Crippen LogP contribution in [-0.4, -0.2) is 11.6 Å². The quantitative estimate of drug-likeness (QED) is 0.266. The van der Waals surface area contributed by atoms with Crippen molar-refractivity contribution in [1.29, 1.82) is 0 Å². The summed E-state index contributed by atoms with van der Waals surface area (Å²) in [5.74, 6) is 4.18. The SMILES string of the molecule is C=C.CC(C)(C)OC(=O)c1ccc(C2=CC[C@@]3(C)C(CCC4[C@@H]3CCC3[C@H]5CCC[C@]5(C)CC[C@]34C)C2(C)C)cc1. The lowest BCUT2D eigenvalue weighted by molar-refractivity contribution is -0.170. The van der Waals surface area contributed by atoms with Gasteiger partial charge in [-0.15, -0.1) is 13.2 Å². The highest BCUT2D eigenvalue weighted by molar-refractivity contribution is 5.90. The van der Waals surface area contributed by atoms with Crippen molar-refractivity contribution in [1.82, 2.24) is 0 Å². The van der Waals surface area contributed by atoms with Crippen LogP contribution in [0.2, 0.25) is 0 Å². The highest BCUT2D eigenvalue weighted by atomic mass is 16.6. The first-order valence-corrected chi connectivity index (χ1v) is 16.7. The Morgan fingerprint density at radius 3 is 2.00 bits per heavy atom. The Bertz CT molecular complexity index is 1170. The van der Waals surface area contributed by atoms with Crippen LogP contribution in [0.5, 0.6) is 0 Å². The third-order valence-electron chi connectivity index (χ3n) is 13.4. The van der Waals surface area contributed by atoms with Gasteiger partial charge in [0.1, 0.15) is 5.60 Å². The molecule has 226 valence electrons. The fourth-order valence-electron chi connectivity index (χ4n) is 11.6. The molecule has 0 heterocycles. The second-order valence-corrected chi connectivity index (χ2v) is 16.8. The Morgan fingerprint density at radius 2 is 1.37 bits per heavy atom. The molecule has 5 aliphatic carbocycles. The van der Waals surface area contributed by atoms with Gasteiger partial charge in [-0.25, -0.2) is 4.79 Å². The van der Waals surface area contributed by atoms with E-state index in [1.54, 1.807) is 0 Å². The van der Waals surface area contributed by atoms with Crippen LogP contribution in [0.1, 0.15) is 136 Å². The van der Waals surface area contributed by atoms with Crippen molar-refractivity contribution >= 4 is 11.5 Å². The molecule has 1 aromatic carbocycles. The summed E-state index contributed by atoms with van der Waals surface area (Å²) in [6.07, 6.45) is 16.9. The monoisotopic (exact) mass is 558 g/mol. The van der Waals surface area contributed by atoms with E-state index in [-0.39, 0.29) is 11.4 Å². The maximum atomic E-state index is 12.6. The molecule has 0 amide bonds. The second kappa shape index (κ2) is 10.4. The molecule has 1 aromatic rings. The van der Waals surface area contributed by atoms with Gasteiger partial charge in [0, 0.05) is 0 Å². The predicted molar refractivity (Wildman–Crippen MR) is 173 cm³/mol. The fraction of sp³-hybridized carbons (Fsp3) is 0.718. The van der Waals surface area contributed by atoms with Gasteiger partial charge in [-0.3, -0.25) is 0 Å². The van der Waals surface area contributed by atoms with Gasteiger partial charge in [-0.2, -0.15) is 0 Å². The average molecular weight is 559 g/mol. The summed E-state index contributed by atoms with van der Waals surface area (Å²) < 4.78 is 5.61. The molecule has 0 aliphatic heterocycles. The van der Waals surface area contributed by atoms with Crippen molar-refractivity contribution in [2.45, 2.75) is 125 Å². The van der Waals surface area contributed by atoms with Crippen LogP contribution in [0.3, 0.4) is 0 Å². The van der Waals surface area contributed by atoms with Gasteiger partial charge < -0.3 is 4.74 Å². The highest BCUT2D eigenvalue weighted by Crippen LogP contribution is 2.72. The molecule has 4 saturated carbocycles. The van der Waals surface area contributed by atoms with Crippen LogP contribution in [0.25, 0.3) is 5.57 Å². The number of carbonyl (C=O) groups is 1. The third kappa shape index (κ3) is 4.88. The van der Waals surface area contributed by atoms with E-state index in [2.05, 4.69) is 66.0 Å². The zero-order valence-electron chi connectivity index (χ0n) is 27.6. The number of ether oxygens (including phenoxy) is 1. The Morgan fingerprint density at radius 1 is 0.780 bits per heavy atom. The molecule has 2 nitrogen and oxygen atoms in total. The van der Waals surface area contributed by atoms with E-state index in [0.717, 1.165) is 23.7 Å². The minimum Gasteiger partial charge on any atom is -0.456 e. The van der Waals surface area contributed by atoms with Crippen molar-refractivity contribution in [3.63, 3.8) is 0 Å². The van der Waals surface area contributed by atoms with Crippen molar-refractivity contribution in [2.24, 2.45) is 51.2 Å². The molecule has 0 spiro atoms. The molecule has 0 bridgehead atoms. The molecule has 41 heavy (non-hydrogen) atoms. The van der Waals surface area contributed by atoms with Gasteiger partial charge in [0.05, 0.1) is 5.56 Å². The Kier molecular flexibility index (Phi) is 7.78. The summed E-state index contributed by atoms with van der Waals surface area (Å²) in [5.41, 5.74) is 4.63. The third-order valence-corrected chi connectivity index (χ3v) is 13.4. The van der Waals surface area contributed by atoms with Gasteiger partial charge in [0.2, 0.25) is 0 Å². The number of allylic oxidation sites excluding steroid dienone is 2. The van der Waals surface area contributed by atoms with Crippen LogP contribution < -0.4 is 0 Å². The molecule has 8 atom stereocenters. The maximum absolute atomic E-state index is 12.6. The van der Waals surface area contributed by atoms with E-state index < -0.39 is 5.60 Å². The Hall–Kier alpha value is -1.83. The largest absolute Gasteiger partial charge is 0.456 e. The minimum atomic E-state index is -0.475. The minimum absolute atomic E-state index is 0.125.